The molecule has 0 bridgehead atoms. The zero-order valence-corrected chi connectivity index (χ0v) is 11.5. The van der Waals surface area contributed by atoms with E-state index in [1.54, 1.807) is 26.5 Å². The van der Waals surface area contributed by atoms with Crippen molar-refractivity contribution in [2.45, 2.75) is 13.0 Å². The van der Waals surface area contributed by atoms with E-state index in [4.69, 9.17) is 14.6 Å². The molecule has 6 nitrogen and oxygen atoms in total. The Morgan fingerprint density at radius 1 is 1.42 bits per heavy atom. The Kier molecular flexibility index (Phi) is 6.24. The van der Waals surface area contributed by atoms with Crippen LogP contribution in [0.5, 0.6) is 0 Å². The van der Waals surface area contributed by atoms with Gasteiger partial charge in [0, 0.05) is 26.8 Å². The maximum atomic E-state index is 10.8. The van der Waals surface area contributed by atoms with E-state index in [-0.39, 0.29) is 11.7 Å². The monoisotopic (exact) mass is 268 g/mol. The van der Waals surface area contributed by atoms with Crippen molar-refractivity contribution in [1.29, 1.82) is 0 Å². The molecule has 0 amide bonds. The summed E-state index contributed by atoms with van der Waals surface area (Å²) in [5, 5.41) is 8.83. The first-order chi connectivity index (χ1) is 9.10. The minimum atomic E-state index is -1.03. The van der Waals surface area contributed by atoms with Gasteiger partial charge in [-0.15, -0.1) is 0 Å². The van der Waals surface area contributed by atoms with Crippen LogP contribution in [0.1, 0.15) is 17.4 Å². The van der Waals surface area contributed by atoms with Crippen molar-refractivity contribution in [1.82, 2.24) is 4.98 Å². The van der Waals surface area contributed by atoms with E-state index in [2.05, 4.69) is 9.88 Å². The van der Waals surface area contributed by atoms with Crippen LogP contribution in [0.2, 0.25) is 0 Å². The lowest BCUT2D eigenvalue weighted by molar-refractivity contribution is 0.0690. The first kappa shape index (κ1) is 15.4. The van der Waals surface area contributed by atoms with Crippen LogP contribution >= 0.6 is 0 Å². The van der Waals surface area contributed by atoms with Crippen molar-refractivity contribution in [3.63, 3.8) is 0 Å². The fourth-order valence-electron chi connectivity index (χ4n) is 1.81. The number of pyridine rings is 1. The molecule has 1 aromatic heterocycles. The molecule has 0 spiro atoms. The molecule has 0 aliphatic rings. The van der Waals surface area contributed by atoms with Crippen LogP contribution in [0, 0.1) is 0 Å². The zero-order valence-electron chi connectivity index (χ0n) is 11.5. The number of hydrogen-bond donors (Lipinski definition) is 1. The number of methoxy groups -OCH3 is 2. The molecule has 1 unspecified atom stereocenters. The summed E-state index contributed by atoms with van der Waals surface area (Å²) in [6.07, 6.45) is 1.56. The van der Waals surface area contributed by atoms with Gasteiger partial charge in [-0.25, -0.2) is 9.78 Å². The maximum absolute atomic E-state index is 10.8. The highest BCUT2D eigenvalue weighted by molar-refractivity contribution is 5.85. The molecule has 0 aliphatic heterocycles. The van der Waals surface area contributed by atoms with Crippen molar-refractivity contribution in [3.05, 3.63) is 24.0 Å². The second kappa shape index (κ2) is 7.70. The lowest BCUT2D eigenvalue weighted by Gasteiger charge is -2.30. The summed E-state index contributed by atoms with van der Waals surface area (Å²) < 4.78 is 10.2. The molecule has 19 heavy (non-hydrogen) atoms. The van der Waals surface area contributed by atoms with Crippen LogP contribution in [0.3, 0.4) is 0 Å². The summed E-state index contributed by atoms with van der Waals surface area (Å²) in [4.78, 5) is 16.8. The Morgan fingerprint density at radius 2 is 2.16 bits per heavy atom. The maximum Gasteiger partial charge on any atom is 0.354 e. The van der Waals surface area contributed by atoms with Crippen molar-refractivity contribution in [3.8, 4) is 0 Å². The van der Waals surface area contributed by atoms with Gasteiger partial charge in [0.15, 0.2) is 0 Å². The van der Waals surface area contributed by atoms with E-state index < -0.39 is 5.97 Å². The fraction of sp³-hybridized carbons (Fsp3) is 0.538. The van der Waals surface area contributed by atoms with Gasteiger partial charge in [-0.2, -0.15) is 0 Å². The molecule has 1 rings (SSSR count). The molecule has 1 N–H and O–H groups in total. The standard InChI is InChI=1S/C13H20N2O4/c1-10(9-19-3)15(6-7-18-2)11-4-5-12(13(16)17)14-8-11/h4-5,8,10H,6-7,9H2,1-3H3,(H,16,17). The van der Waals surface area contributed by atoms with Crippen molar-refractivity contribution in [2.24, 2.45) is 0 Å². The number of rotatable bonds is 8. The van der Waals surface area contributed by atoms with Crippen molar-refractivity contribution >= 4 is 11.7 Å². The minimum absolute atomic E-state index is 0.0369. The number of hydrogen-bond acceptors (Lipinski definition) is 5. The quantitative estimate of drug-likeness (QED) is 0.765. The van der Waals surface area contributed by atoms with Crippen molar-refractivity contribution < 1.29 is 19.4 Å². The number of aromatic nitrogens is 1. The second-order valence-corrected chi connectivity index (χ2v) is 4.20. The van der Waals surface area contributed by atoms with Crippen LogP contribution < -0.4 is 4.90 Å². The highest BCUT2D eigenvalue weighted by atomic mass is 16.5. The first-order valence-electron chi connectivity index (χ1n) is 6.04. The molecule has 0 saturated carbocycles. The largest absolute Gasteiger partial charge is 0.477 e. The average Bonchev–Trinajstić information content (AvgIpc) is 2.40. The Labute approximate surface area is 113 Å². The second-order valence-electron chi connectivity index (χ2n) is 4.20. The van der Waals surface area contributed by atoms with Crippen LogP contribution in [0.4, 0.5) is 5.69 Å². The summed E-state index contributed by atoms with van der Waals surface area (Å²) in [6.45, 7) is 3.87. The number of carboxylic acids is 1. The van der Waals surface area contributed by atoms with Gasteiger partial charge < -0.3 is 19.5 Å². The Morgan fingerprint density at radius 3 is 2.63 bits per heavy atom. The Bertz CT molecular complexity index is 394. The van der Waals surface area contributed by atoms with E-state index in [1.165, 1.54) is 6.07 Å². The summed E-state index contributed by atoms with van der Waals surface area (Å²) >= 11 is 0. The number of anilines is 1. The smallest absolute Gasteiger partial charge is 0.354 e. The number of nitrogens with zero attached hydrogens (tertiary/aromatic N) is 2. The number of aromatic carboxylic acids is 1. The Hall–Kier alpha value is -1.66. The summed E-state index contributed by atoms with van der Waals surface area (Å²) in [7, 11) is 3.29. The summed E-state index contributed by atoms with van der Waals surface area (Å²) in [5.74, 6) is -1.03. The number of carboxylic acid groups (broad SMARTS) is 1. The molecule has 106 valence electrons. The third-order valence-corrected chi connectivity index (χ3v) is 2.77. The fourth-order valence-corrected chi connectivity index (χ4v) is 1.81. The molecule has 0 radical (unpaired) electrons. The molecular formula is C13H20N2O4. The third-order valence-electron chi connectivity index (χ3n) is 2.77. The summed E-state index contributed by atoms with van der Waals surface area (Å²) in [6, 6.07) is 3.40. The van der Waals surface area contributed by atoms with Gasteiger partial charge in [-0.05, 0) is 19.1 Å². The van der Waals surface area contributed by atoms with Crippen molar-refractivity contribution in [2.75, 3.05) is 38.9 Å². The van der Waals surface area contributed by atoms with Gasteiger partial charge in [-0.3, -0.25) is 0 Å². The van der Waals surface area contributed by atoms with Crippen LogP contribution in [-0.2, 0) is 9.47 Å². The lowest BCUT2D eigenvalue weighted by Crippen LogP contribution is -2.38. The van der Waals surface area contributed by atoms with Gasteiger partial charge in [0.05, 0.1) is 25.1 Å². The minimum Gasteiger partial charge on any atom is -0.477 e. The van der Waals surface area contributed by atoms with Gasteiger partial charge in [-0.1, -0.05) is 0 Å². The van der Waals surface area contributed by atoms with Gasteiger partial charge in [0.25, 0.3) is 0 Å². The molecule has 1 heterocycles. The molecule has 6 heteroatoms. The first-order valence-corrected chi connectivity index (χ1v) is 6.04. The van der Waals surface area contributed by atoms with E-state index in [0.717, 1.165) is 5.69 Å². The predicted octanol–water partition coefficient (Wildman–Crippen LogP) is 1.27. The molecule has 0 aliphatic carbocycles. The van der Waals surface area contributed by atoms with Crippen LogP contribution in [0.15, 0.2) is 18.3 Å². The summed E-state index contributed by atoms with van der Waals surface area (Å²) in [5.41, 5.74) is 0.890. The average molecular weight is 268 g/mol. The van der Waals surface area contributed by atoms with E-state index in [0.29, 0.717) is 19.8 Å². The highest BCUT2D eigenvalue weighted by Gasteiger charge is 2.15. The molecule has 0 aromatic carbocycles. The van der Waals surface area contributed by atoms with Crippen LogP contribution in [-0.4, -0.2) is 56.1 Å². The number of carbonyl (C=O) groups is 1. The molecular weight excluding hydrogens is 248 g/mol. The normalized spacial score (nSPS) is 12.2. The molecule has 1 atom stereocenters. The topological polar surface area (TPSA) is 71.9 Å². The molecule has 1 aromatic rings. The molecule has 0 fully saturated rings. The van der Waals surface area contributed by atoms with Gasteiger partial charge in [0.2, 0.25) is 0 Å². The Balaban J connectivity index is 2.86. The number of ether oxygens (including phenoxy) is 2. The highest BCUT2D eigenvalue weighted by Crippen LogP contribution is 2.16. The van der Waals surface area contributed by atoms with Gasteiger partial charge >= 0.3 is 5.97 Å². The molecule has 0 saturated heterocycles. The zero-order chi connectivity index (χ0) is 14.3. The predicted molar refractivity (Wildman–Crippen MR) is 71.8 cm³/mol. The SMILES string of the molecule is COCCN(c1ccc(C(=O)O)nc1)C(C)COC. The third kappa shape index (κ3) is 4.50. The lowest BCUT2D eigenvalue weighted by atomic mass is 10.2. The van der Waals surface area contributed by atoms with E-state index in [1.807, 2.05) is 6.92 Å². The van der Waals surface area contributed by atoms with E-state index in [9.17, 15) is 4.79 Å². The van der Waals surface area contributed by atoms with E-state index >= 15 is 0 Å². The van der Waals surface area contributed by atoms with Crippen LogP contribution in [0.25, 0.3) is 0 Å². The van der Waals surface area contributed by atoms with Gasteiger partial charge in [0.1, 0.15) is 5.69 Å².